The van der Waals surface area contributed by atoms with Gasteiger partial charge in [0.05, 0.1) is 12.7 Å². The Morgan fingerprint density at radius 3 is 3.12 bits per heavy atom. The van der Waals surface area contributed by atoms with Crippen LogP contribution in [0.15, 0.2) is 11.4 Å². The van der Waals surface area contributed by atoms with Crippen LogP contribution in [0.4, 0.5) is 0 Å². The lowest BCUT2D eigenvalue weighted by atomic mass is 10.3. The molecule has 0 radical (unpaired) electrons. The number of likely N-dealkylation sites (tertiary alicyclic amines) is 1. The fourth-order valence-electron chi connectivity index (χ4n) is 1.93. The number of β-amino-alcohol motifs (C(OH)–C–C–N with tert-alkyl or cyclic N) is 1. The van der Waals surface area contributed by atoms with Crippen molar-refractivity contribution in [2.24, 2.45) is 0 Å². The van der Waals surface area contributed by atoms with Gasteiger partial charge in [0, 0.05) is 41.9 Å². The first-order valence-electron chi connectivity index (χ1n) is 5.85. The molecule has 2 heterocycles. The molecule has 0 aliphatic carbocycles. The Kier molecular flexibility index (Phi) is 4.57. The van der Waals surface area contributed by atoms with Gasteiger partial charge in [0.15, 0.2) is 0 Å². The number of aliphatic hydroxyl groups excluding tert-OH is 2. The van der Waals surface area contributed by atoms with Gasteiger partial charge in [-0.3, -0.25) is 4.90 Å². The first kappa shape index (κ1) is 12.6. The minimum absolute atomic E-state index is 0.121. The van der Waals surface area contributed by atoms with Crippen molar-refractivity contribution < 1.29 is 10.2 Å². The summed E-state index contributed by atoms with van der Waals surface area (Å²) in [4.78, 5) is 3.55. The van der Waals surface area contributed by atoms with Gasteiger partial charge in [-0.25, -0.2) is 0 Å². The van der Waals surface area contributed by atoms with E-state index in [-0.39, 0.29) is 12.7 Å². The van der Waals surface area contributed by atoms with Gasteiger partial charge in [-0.2, -0.15) is 0 Å². The van der Waals surface area contributed by atoms with Crippen LogP contribution in [0.5, 0.6) is 0 Å². The zero-order valence-electron chi connectivity index (χ0n) is 9.72. The van der Waals surface area contributed by atoms with E-state index in [0.717, 1.165) is 31.6 Å². The Labute approximate surface area is 106 Å². The molecule has 92 valence electrons. The summed E-state index contributed by atoms with van der Waals surface area (Å²) in [6.07, 6.45) is 1.26. The highest BCUT2D eigenvalue weighted by atomic mass is 32.1. The monoisotopic (exact) mass is 251 g/mol. The van der Waals surface area contributed by atoms with E-state index in [1.54, 1.807) is 11.3 Å². The smallest absolute Gasteiger partial charge is 0.0679 e. The maximum atomic E-state index is 9.44. The van der Waals surface area contributed by atoms with Gasteiger partial charge in [-0.05, 0) is 12.5 Å². The molecule has 0 spiro atoms. The van der Waals surface area contributed by atoms with E-state index < -0.39 is 0 Å². The normalized spacial score (nSPS) is 20.2. The largest absolute Gasteiger partial charge is 0.395 e. The van der Waals surface area contributed by atoms with Crippen molar-refractivity contribution >= 4 is 11.3 Å². The third kappa shape index (κ3) is 3.83. The molecule has 1 atom stereocenters. The van der Waals surface area contributed by atoms with E-state index in [9.17, 15) is 5.11 Å². The average molecular weight is 251 g/mol. The predicted octanol–water partition coefficient (Wildman–Crippen LogP) is 1.05. The molecule has 1 aromatic heterocycles. The predicted molar refractivity (Wildman–Crippen MR) is 68.8 cm³/mol. The summed E-state index contributed by atoms with van der Waals surface area (Å²) in [5, 5.41) is 20.1. The third-order valence-electron chi connectivity index (χ3n) is 2.75. The fourth-order valence-corrected chi connectivity index (χ4v) is 2.78. The summed E-state index contributed by atoms with van der Waals surface area (Å²) in [6, 6.07) is 2.10. The van der Waals surface area contributed by atoms with Crippen molar-refractivity contribution in [2.75, 3.05) is 19.7 Å². The Morgan fingerprint density at radius 1 is 1.53 bits per heavy atom. The van der Waals surface area contributed by atoms with Crippen molar-refractivity contribution in [3.05, 3.63) is 21.9 Å². The second kappa shape index (κ2) is 6.18. The van der Waals surface area contributed by atoms with Crippen molar-refractivity contribution in [1.82, 2.24) is 4.90 Å². The Morgan fingerprint density at radius 2 is 2.41 bits per heavy atom. The van der Waals surface area contributed by atoms with Crippen LogP contribution in [0.3, 0.4) is 0 Å². The quantitative estimate of drug-likeness (QED) is 0.789. The van der Waals surface area contributed by atoms with Crippen molar-refractivity contribution in [1.29, 1.82) is 0 Å². The van der Waals surface area contributed by atoms with Crippen LogP contribution in [0.2, 0.25) is 0 Å². The third-order valence-corrected chi connectivity index (χ3v) is 3.67. The van der Waals surface area contributed by atoms with Gasteiger partial charge in [-0.1, -0.05) is 11.8 Å². The van der Waals surface area contributed by atoms with Gasteiger partial charge in [0.2, 0.25) is 0 Å². The second-order valence-corrected chi connectivity index (χ2v) is 5.25. The number of thiophene rings is 1. The molecule has 0 amide bonds. The topological polar surface area (TPSA) is 43.7 Å². The van der Waals surface area contributed by atoms with Gasteiger partial charge in [0.1, 0.15) is 0 Å². The summed E-state index contributed by atoms with van der Waals surface area (Å²) < 4.78 is 0. The Bertz CT molecular complexity index is 419. The van der Waals surface area contributed by atoms with Gasteiger partial charge < -0.3 is 10.2 Å². The average Bonchev–Trinajstić information content (AvgIpc) is 2.90. The van der Waals surface area contributed by atoms with Gasteiger partial charge in [0.25, 0.3) is 0 Å². The van der Waals surface area contributed by atoms with Crippen molar-refractivity contribution in [3.63, 3.8) is 0 Å². The minimum atomic E-state index is -0.154. The SMILES string of the molecule is OCCC#Cc1csc(CN2CCC(O)C2)c1. The Balaban J connectivity index is 1.88. The Hall–Kier alpha value is -0.860. The summed E-state index contributed by atoms with van der Waals surface area (Å²) in [5.41, 5.74) is 1.03. The summed E-state index contributed by atoms with van der Waals surface area (Å²) in [6.45, 7) is 2.78. The lowest BCUT2D eigenvalue weighted by molar-refractivity contribution is 0.175. The van der Waals surface area contributed by atoms with E-state index in [0.29, 0.717) is 6.42 Å². The molecular formula is C13H17NO2S. The number of nitrogens with zero attached hydrogens (tertiary/aromatic N) is 1. The first-order valence-corrected chi connectivity index (χ1v) is 6.73. The lowest BCUT2D eigenvalue weighted by Crippen LogP contribution is -2.20. The number of rotatable bonds is 3. The molecule has 1 aliphatic heterocycles. The summed E-state index contributed by atoms with van der Waals surface area (Å²) in [7, 11) is 0. The standard InChI is InChI=1S/C13H17NO2S/c15-6-2-1-3-11-7-13(17-10-11)9-14-5-4-12(16)8-14/h7,10,12,15-16H,2,4-6,8-9H2. The molecular weight excluding hydrogens is 234 g/mol. The molecule has 1 aliphatic rings. The molecule has 4 heteroatoms. The molecule has 17 heavy (non-hydrogen) atoms. The molecule has 2 rings (SSSR count). The second-order valence-electron chi connectivity index (χ2n) is 4.25. The van der Waals surface area contributed by atoms with Crippen molar-refractivity contribution in [3.8, 4) is 11.8 Å². The van der Waals surface area contributed by atoms with Crippen molar-refractivity contribution in [2.45, 2.75) is 25.5 Å². The van der Waals surface area contributed by atoms with Crippen LogP contribution in [0, 0.1) is 11.8 Å². The number of aliphatic hydroxyl groups is 2. The van der Waals surface area contributed by atoms with Gasteiger partial charge in [-0.15, -0.1) is 11.3 Å². The summed E-state index contributed by atoms with van der Waals surface area (Å²) >= 11 is 1.71. The van der Waals surface area contributed by atoms with Crippen LogP contribution < -0.4 is 0 Å². The zero-order chi connectivity index (χ0) is 12.1. The highest BCUT2D eigenvalue weighted by Crippen LogP contribution is 2.19. The maximum absolute atomic E-state index is 9.44. The van der Waals surface area contributed by atoms with Gasteiger partial charge >= 0.3 is 0 Å². The van der Waals surface area contributed by atoms with E-state index in [1.807, 2.05) is 5.38 Å². The lowest BCUT2D eigenvalue weighted by Gasteiger charge is -2.12. The highest BCUT2D eigenvalue weighted by molar-refractivity contribution is 7.10. The molecule has 0 saturated carbocycles. The van der Waals surface area contributed by atoms with Crippen LogP contribution in [0.25, 0.3) is 0 Å². The van der Waals surface area contributed by atoms with E-state index in [1.165, 1.54) is 4.88 Å². The van der Waals surface area contributed by atoms with Crippen LogP contribution in [-0.4, -0.2) is 40.9 Å². The van der Waals surface area contributed by atoms with Crippen LogP contribution in [-0.2, 0) is 6.54 Å². The molecule has 1 unspecified atom stereocenters. The molecule has 1 fully saturated rings. The summed E-state index contributed by atoms with van der Waals surface area (Å²) in [5.74, 6) is 5.95. The first-order chi connectivity index (χ1) is 8.28. The van der Waals surface area contributed by atoms with Crippen LogP contribution >= 0.6 is 11.3 Å². The van der Waals surface area contributed by atoms with E-state index in [2.05, 4.69) is 22.8 Å². The number of hydrogen-bond acceptors (Lipinski definition) is 4. The molecule has 3 nitrogen and oxygen atoms in total. The molecule has 0 bridgehead atoms. The maximum Gasteiger partial charge on any atom is 0.0679 e. The molecule has 1 saturated heterocycles. The zero-order valence-corrected chi connectivity index (χ0v) is 10.5. The van der Waals surface area contributed by atoms with E-state index in [4.69, 9.17) is 5.11 Å². The van der Waals surface area contributed by atoms with E-state index >= 15 is 0 Å². The highest BCUT2D eigenvalue weighted by Gasteiger charge is 2.20. The van der Waals surface area contributed by atoms with Crippen LogP contribution in [0.1, 0.15) is 23.3 Å². The fraction of sp³-hybridized carbons (Fsp3) is 0.538. The molecule has 1 aromatic rings. The minimum Gasteiger partial charge on any atom is -0.395 e. The molecule has 0 aromatic carbocycles. The molecule has 2 N–H and O–H groups in total. The number of hydrogen-bond donors (Lipinski definition) is 2.